The quantitative estimate of drug-likeness (QED) is 0.912. The van der Waals surface area contributed by atoms with Gasteiger partial charge in [0.05, 0.1) is 10.9 Å². The lowest BCUT2D eigenvalue weighted by molar-refractivity contribution is -0.141. The number of rotatable bonds is 2. The second-order valence-electron chi connectivity index (χ2n) is 5.26. The van der Waals surface area contributed by atoms with Gasteiger partial charge >= 0.3 is 5.97 Å². The number of thioether (sulfide) groups is 1. The van der Waals surface area contributed by atoms with Crippen molar-refractivity contribution in [3.8, 4) is 0 Å². The highest BCUT2D eigenvalue weighted by Crippen LogP contribution is 2.35. The van der Waals surface area contributed by atoms with Crippen LogP contribution in [0.4, 0.5) is 0 Å². The van der Waals surface area contributed by atoms with Crippen molar-refractivity contribution in [2.24, 2.45) is 0 Å². The van der Waals surface area contributed by atoms with Crippen molar-refractivity contribution in [3.05, 3.63) is 21.4 Å². The van der Waals surface area contributed by atoms with E-state index in [1.165, 1.54) is 28.6 Å². The van der Waals surface area contributed by atoms with Gasteiger partial charge in [-0.2, -0.15) is 0 Å². The van der Waals surface area contributed by atoms with E-state index in [4.69, 9.17) is 0 Å². The molecule has 1 aromatic heterocycles. The summed E-state index contributed by atoms with van der Waals surface area (Å²) in [6.45, 7) is 1.91. The maximum Gasteiger partial charge on any atom is 0.327 e. The van der Waals surface area contributed by atoms with Crippen molar-refractivity contribution in [2.45, 2.75) is 44.0 Å². The molecule has 1 saturated heterocycles. The van der Waals surface area contributed by atoms with Gasteiger partial charge in [0.25, 0.3) is 5.91 Å². The molecule has 1 fully saturated rings. The number of nitrogens with zero attached hydrogens (tertiary/aromatic N) is 1. The van der Waals surface area contributed by atoms with Crippen molar-refractivity contribution >= 4 is 35.0 Å². The molecule has 2 aliphatic rings. The van der Waals surface area contributed by atoms with Crippen LogP contribution in [0, 0.1) is 0 Å². The minimum Gasteiger partial charge on any atom is -0.480 e. The van der Waals surface area contributed by atoms with Gasteiger partial charge in [0.15, 0.2) is 0 Å². The van der Waals surface area contributed by atoms with Crippen LogP contribution in [0.2, 0.25) is 0 Å². The van der Waals surface area contributed by atoms with E-state index < -0.39 is 12.0 Å². The largest absolute Gasteiger partial charge is 0.480 e. The van der Waals surface area contributed by atoms with Crippen LogP contribution in [0.3, 0.4) is 0 Å². The second-order valence-corrected chi connectivity index (χ2v) is 7.57. The molecule has 1 amide bonds. The first-order valence-corrected chi connectivity index (χ1v) is 8.78. The molecule has 0 saturated carbocycles. The molecule has 108 valence electrons. The van der Waals surface area contributed by atoms with E-state index in [0.29, 0.717) is 5.75 Å². The van der Waals surface area contributed by atoms with E-state index in [1.807, 2.05) is 12.3 Å². The molecule has 0 aromatic carbocycles. The smallest absolute Gasteiger partial charge is 0.327 e. The third-order valence-corrected chi connectivity index (χ3v) is 6.34. The minimum atomic E-state index is -0.903. The number of aryl methyl sites for hydroxylation is 1. The summed E-state index contributed by atoms with van der Waals surface area (Å²) in [5.74, 6) is -0.525. The summed E-state index contributed by atoms with van der Waals surface area (Å²) in [6.07, 6.45) is 4.32. The summed E-state index contributed by atoms with van der Waals surface area (Å²) in [5, 5.41) is 11.1. The van der Waals surface area contributed by atoms with Gasteiger partial charge in [-0.3, -0.25) is 4.79 Å². The summed E-state index contributed by atoms with van der Waals surface area (Å²) in [6, 6.07) is -0.693. The lowest BCUT2D eigenvalue weighted by Crippen LogP contribution is -2.45. The fourth-order valence-corrected chi connectivity index (χ4v) is 5.24. The Balaban J connectivity index is 1.92. The monoisotopic (exact) mass is 311 g/mol. The van der Waals surface area contributed by atoms with Crippen LogP contribution >= 0.6 is 23.1 Å². The molecule has 2 atom stereocenters. The van der Waals surface area contributed by atoms with E-state index in [2.05, 4.69) is 0 Å². The van der Waals surface area contributed by atoms with Gasteiger partial charge in [-0.15, -0.1) is 23.1 Å². The van der Waals surface area contributed by atoms with Crippen molar-refractivity contribution < 1.29 is 14.7 Å². The summed E-state index contributed by atoms with van der Waals surface area (Å²) < 4.78 is 0. The third-order valence-electron chi connectivity index (χ3n) is 4.03. The topological polar surface area (TPSA) is 57.6 Å². The minimum absolute atomic E-state index is 0.0669. The Bertz CT molecular complexity index is 555. The molecule has 1 aliphatic carbocycles. The average Bonchev–Trinajstić information content (AvgIpc) is 3.01. The van der Waals surface area contributed by atoms with E-state index in [9.17, 15) is 14.7 Å². The van der Waals surface area contributed by atoms with Crippen LogP contribution in [0.5, 0.6) is 0 Å². The van der Waals surface area contributed by atoms with Gasteiger partial charge in [0, 0.05) is 16.0 Å². The number of aliphatic carboxylic acids is 1. The van der Waals surface area contributed by atoms with Crippen molar-refractivity contribution in [3.63, 3.8) is 0 Å². The lowest BCUT2D eigenvalue weighted by Gasteiger charge is -2.25. The lowest BCUT2D eigenvalue weighted by atomic mass is 9.95. The molecule has 3 rings (SSSR count). The molecule has 1 aliphatic heterocycles. The van der Waals surface area contributed by atoms with Crippen LogP contribution in [0.15, 0.2) is 5.38 Å². The number of thiophene rings is 1. The Morgan fingerprint density at radius 1 is 1.35 bits per heavy atom. The predicted molar refractivity (Wildman–Crippen MR) is 80.5 cm³/mol. The van der Waals surface area contributed by atoms with Gasteiger partial charge in [0.1, 0.15) is 6.04 Å². The summed E-state index contributed by atoms with van der Waals surface area (Å²) in [5.41, 5.74) is 1.91. The highest BCUT2D eigenvalue weighted by Gasteiger charge is 2.40. The number of hydrogen-bond acceptors (Lipinski definition) is 4. The molecule has 0 radical (unpaired) electrons. The molecule has 20 heavy (non-hydrogen) atoms. The Morgan fingerprint density at radius 3 is 2.85 bits per heavy atom. The maximum atomic E-state index is 12.8. The number of amides is 1. The molecule has 2 heterocycles. The number of hydrogen-bond donors (Lipinski definition) is 1. The molecule has 1 N–H and O–H groups in total. The van der Waals surface area contributed by atoms with Crippen LogP contribution in [-0.4, -0.2) is 39.1 Å². The highest BCUT2D eigenvalue weighted by atomic mass is 32.2. The average molecular weight is 311 g/mol. The number of carboxylic acid groups (broad SMARTS) is 1. The van der Waals surface area contributed by atoms with Crippen LogP contribution in [0.1, 0.15) is 40.6 Å². The van der Waals surface area contributed by atoms with Crippen molar-refractivity contribution in [1.29, 1.82) is 0 Å². The highest BCUT2D eigenvalue weighted by molar-refractivity contribution is 8.00. The first-order valence-electron chi connectivity index (χ1n) is 6.86. The molecule has 4 nitrogen and oxygen atoms in total. The Morgan fingerprint density at radius 2 is 2.10 bits per heavy atom. The molecule has 1 aromatic rings. The third kappa shape index (κ3) is 2.24. The SMILES string of the molecule is CC1SCC(C(=O)O)N1C(=O)c1csc2c1CCCC2. The zero-order valence-electron chi connectivity index (χ0n) is 11.3. The fourth-order valence-electron chi connectivity index (χ4n) is 2.95. The predicted octanol–water partition coefficient (Wildman–Crippen LogP) is 2.62. The number of carbonyl (C=O) groups excluding carboxylic acids is 1. The summed E-state index contributed by atoms with van der Waals surface area (Å²) in [4.78, 5) is 26.9. The molecule has 0 bridgehead atoms. The first kappa shape index (κ1) is 13.9. The molecular formula is C14H17NO3S2. The van der Waals surface area contributed by atoms with E-state index in [0.717, 1.165) is 24.8 Å². The van der Waals surface area contributed by atoms with Gasteiger partial charge in [-0.05, 0) is 38.2 Å². The molecule has 0 spiro atoms. The Hall–Kier alpha value is -1.01. The summed E-state index contributed by atoms with van der Waals surface area (Å²) in [7, 11) is 0. The van der Waals surface area contributed by atoms with E-state index >= 15 is 0 Å². The number of carboxylic acids is 1. The Labute approximate surface area is 126 Å². The van der Waals surface area contributed by atoms with Gasteiger partial charge in [0.2, 0.25) is 0 Å². The van der Waals surface area contributed by atoms with Crippen LogP contribution in [0.25, 0.3) is 0 Å². The van der Waals surface area contributed by atoms with Crippen molar-refractivity contribution in [2.75, 3.05) is 5.75 Å². The number of carbonyl (C=O) groups is 2. The normalized spacial score (nSPS) is 25.6. The van der Waals surface area contributed by atoms with Crippen LogP contribution < -0.4 is 0 Å². The standard InChI is InChI=1S/C14H17NO3S2/c1-8-15(11(7-19-8)14(17)18)13(16)10-6-20-12-5-3-2-4-9(10)12/h6,8,11H,2-5,7H2,1H3,(H,17,18). The summed E-state index contributed by atoms with van der Waals surface area (Å²) >= 11 is 3.18. The van der Waals surface area contributed by atoms with Crippen molar-refractivity contribution in [1.82, 2.24) is 4.90 Å². The first-order chi connectivity index (χ1) is 9.59. The van der Waals surface area contributed by atoms with E-state index in [-0.39, 0.29) is 11.3 Å². The number of fused-ring (bicyclic) bond motifs is 1. The zero-order valence-corrected chi connectivity index (χ0v) is 12.9. The molecule has 6 heteroatoms. The zero-order chi connectivity index (χ0) is 14.3. The van der Waals surface area contributed by atoms with Gasteiger partial charge in [-0.25, -0.2) is 4.79 Å². The molecular weight excluding hydrogens is 294 g/mol. The van der Waals surface area contributed by atoms with Gasteiger partial charge in [-0.1, -0.05) is 0 Å². The van der Waals surface area contributed by atoms with E-state index in [1.54, 1.807) is 16.2 Å². The molecule has 2 unspecified atom stereocenters. The second kappa shape index (κ2) is 5.41. The van der Waals surface area contributed by atoms with Gasteiger partial charge < -0.3 is 10.0 Å². The Kier molecular flexibility index (Phi) is 3.77. The maximum absolute atomic E-state index is 12.8. The van der Waals surface area contributed by atoms with Crippen LogP contribution in [-0.2, 0) is 17.6 Å². The fraction of sp³-hybridized carbons (Fsp3) is 0.571.